The van der Waals surface area contributed by atoms with Crippen molar-refractivity contribution in [1.29, 1.82) is 5.26 Å². The number of rotatable bonds is 10. The van der Waals surface area contributed by atoms with Gasteiger partial charge in [-0.15, -0.1) is 0 Å². The van der Waals surface area contributed by atoms with Crippen LogP contribution in [0.1, 0.15) is 72.9 Å². The zero-order valence-electron chi connectivity index (χ0n) is 23.7. The number of fused-ring (bicyclic) bond motifs is 1. The summed E-state index contributed by atoms with van der Waals surface area (Å²) in [4.78, 5) is 18.3. The van der Waals surface area contributed by atoms with Crippen LogP contribution in [0.15, 0.2) is 48.7 Å². The molecule has 1 saturated carbocycles. The Labute approximate surface area is 236 Å². The number of pyridine rings is 1. The first-order valence-electron chi connectivity index (χ1n) is 14.1. The highest BCUT2D eigenvalue weighted by Crippen LogP contribution is 2.48. The van der Waals surface area contributed by atoms with Gasteiger partial charge in [0.2, 0.25) is 5.88 Å². The summed E-state index contributed by atoms with van der Waals surface area (Å²) in [5, 5.41) is 19.5. The molecule has 1 unspecified atom stereocenters. The Morgan fingerprint density at radius 2 is 2.00 bits per heavy atom. The van der Waals surface area contributed by atoms with Crippen LogP contribution in [0.4, 0.5) is 0 Å². The van der Waals surface area contributed by atoms with Crippen molar-refractivity contribution in [3.8, 4) is 28.8 Å². The standard InChI is InChI=1S/C33H37N3O4/c1-5-36(3)19-25-14-23(10-12-27(25)28-16-31(39-4)35-18-26(28)17-34)29-13-11-21-6-9-24(15-30(21)40-29)32(22-7-8-22)20(2)33(37)38/h6,9-10,12,14-16,18,20,22,29,32H,5,7-8,11,13,19H2,1-4H3,(H,37,38)/t20-,29?,32-/m0/s1. The third-order valence-electron chi connectivity index (χ3n) is 8.46. The van der Waals surface area contributed by atoms with E-state index < -0.39 is 11.9 Å². The summed E-state index contributed by atoms with van der Waals surface area (Å²) >= 11 is 0. The average Bonchev–Trinajstić information content (AvgIpc) is 3.81. The highest BCUT2D eigenvalue weighted by atomic mass is 16.5. The molecule has 0 radical (unpaired) electrons. The molecular weight excluding hydrogens is 502 g/mol. The first kappa shape index (κ1) is 27.7. The summed E-state index contributed by atoms with van der Waals surface area (Å²) in [5.74, 6) is 0.593. The van der Waals surface area contributed by atoms with E-state index in [1.54, 1.807) is 13.3 Å². The molecule has 1 aliphatic carbocycles. The van der Waals surface area contributed by atoms with Gasteiger partial charge in [-0.3, -0.25) is 4.79 Å². The molecular formula is C33H37N3O4. The lowest BCUT2D eigenvalue weighted by molar-refractivity contribution is -0.142. The summed E-state index contributed by atoms with van der Waals surface area (Å²) in [6, 6.07) is 16.8. The van der Waals surface area contributed by atoms with Crippen molar-refractivity contribution in [3.05, 3.63) is 76.5 Å². The molecule has 208 valence electrons. The van der Waals surface area contributed by atoms with E-state index in [0.29, 0.717) is 17.4 Å². The topological polar surface area (TPSA) is 95.7 Å². The van der Waals surface area contributed by atoms with Crippen molar-refractivity contribution in [2.24, 2.45) is 11.8 Å². The first-order valence-corrected chi connectivity index (χ1v) is 14.1. The van der Waals surface area contributed by atoms with Crippen LogP contribution in [-0.2, 0) is 17.8 Å². The highest BCUT2D eigenvalue weighted by molar-refractivity contribution is 5.74. The van der Waals surface area contributed by atoms with Crippen molar-refractivity contribution in [2.45, 2.75) is 58.1 Å². The second-order valence-electron chi connectivity index (χ2n) is 11.1. The Kier molecular flexibility index (Phi) is 8.09. The minimum Gasteiger partial charge on any atom is -0.485 e. The first-order chi connectivity index (χ1) is 19.3. The molecule has 3 atom stereocenters. The number of methoxy groups -OCH3 is 1. The van der Waals surface area contributed by atoms with E-state index in [2.05, 4.69) is 66.3 Å². The summed E-state index contributed by atoms with van der Waals surface area (Å²) in [6.07, 6.45) is 5.38. The molecule has 7 heteroatoms. The van der Waals surface area contributed by atoms with Gasteiger partial charge >= 0.3 is 5.97 Å². The van der Waals surface area contributed by atoms with Gasteiger partial charge in [-0.05, 0) is 85.0 Å². The van der Waals surface area contributed by atoms with Crippen LogP contribution in [0, 0.1) is 23.2 Å². The minimum absolute atomic E-state index is 0.00827. The van der Waals surface area contributed by atoms with Crippen molar-refractivity contribution in [3.63, 3.8) is 0 Å². The van der Waals surface area contributed by atoms with Crippen molar-refractivity contribution >= 4 is 5.97 Å². The molecule has 2 aromatic carbocycles. The van der Waals surface area contributed by atoms with Crippen LogP contribution in [0.5, 0.6) is 11.6 Å². The lowest BCUT2D eigenvalue weighted by Crippen LogP contribution is -2.21. The number of nitriles is 1. The van der Waals surface area contributed by atoms with Gasteiger partial charge in [-0.1, -0.05) is 44.2 Å². The molecule has 2 aliphatic rings. The Morgan fingerprint density at radius 1 is 1.20 bits per heavy atom. The van der Waals surface area contributed by atoms with Crippen LogP contribution >= 0.6 is 0 Å². The summed E-state index contributed by atoms with van der Waals surface area (Å²) < 4.78 is 12.0. The number of hydrogen-bond acceptors (Lipinski definition) is 6. The maximum absolute atomic E-state index is 11.8. The average molecular weight is 540 g/mol. The molecule has 7 nitrogen and oxygen atoms in total. The maximum Gasteiger partial charge on any atom is 0.306 e. The van der Waals surface area contributed by atoms with Crippen molar-refractivity contribution in [2.75, 3.05) is 20.7 Å². The number of aryl methyl sites for hydroxylation is 1. The second-order valence-corrected chi connectivity index (χ2v) is 11.1. The van der Waals surface area contributed by atoms with Crippen LogP contribution in [0.3, 0.4) is 0 Å². The normalized spacial score (nSPS) is 17.9. The molecule has 0 bridgehead atoms. The van der Waals surface area contributed by atoms with Gasteiger partial charge in [0.05, 0.1) is 18.6 Å². The second kappa shape index (κ2) is 11.7. The number of aromatic nitrogens is 1. The van der Waals surface area contributed by atoms with Crippen molar-refractivity contribution in [1.82, 2.24) is 9.88 Å². The number of carboxylic acids is 1. The highest BCUT2D eigenvalue weighted by Gasteiger charge is 2.39. The molecule has 40 heavy (non-hydrogen) atoms. The predicted octanol–water partition coefficient (Wildman–Crippen LogP) is 6.36. The largest absolute Gasteiger partial charge is 0.485 e. The fourth-order valence-electron chi connectivity index (χ4n) is 5.88. The molecule has 0 amide bonds. The summed E-state index contributed by atoms with van der Waals surface area (Å²) in [5.41, 5.74) is 6.73. The van der Waals surface area contributed by atoms with Gasteiger partial charge < -0.3 is 19.5 Å². The number of benzene rings is 2. The minimum atomic E-state index is -0.746. The molecule has 1 fully saturated rings. The summed E-state index contributed by atoms with van der Waals surface area (Å²) in [7, 11) is 3.66. The molecule has 0 spiro atoms. The number of carboxylic acid groups (broad SMARTS) is 1. The number of aliphatic carboxylic acids is 1. The van der Waals surface area contributed by atoms with Gasteiger partial charge in [0.15, 0.2) is 0 Å². The Morgan fingerprint density at radius 3 is 2.67 bits per heavy atom. The van der Waals surface area contributed by atoms with E-state index in [-0.39, 0.29) is 12.0 Å². The van der Waals surface area contributed by atoms with Gasteiger partial charge in [0.25, 0.3) is 0 Å². The Balaban J connectivity index is 1.48. The Bertz CT molecular complexity index is 1440. The Hall–Kier alpha value is -3.89. The molecule has 0 saturated heterocycles. The molecule has 1 aliphatic heterocycles. The SMILES string of the molecule is CCN(C)Cc1cc(C2CCc3ccc([C@H](C4CC4)[C@H](C)C(=O)O)cc3O2)ccc1-c1cc(OC)ncc1C#N. The number of carbonyl (C=O) groups is 1. The molecule has 3 aromatic rings. The zero-order valence-corrected chi connectivity index (χ0v) is 23.7. The zero-order chi connectivity index (χ0) is 28.4. The van der Waals surface area contributed by atoms with E-state index in [4.69, 9.17) is 9.47 Å². The lowest BCUT2D eigenvalue weighted by Gasteiger charge is -2.29. The molecule has 1 N–H and O–H groups in total. The third-order valence-corrected chi connectivity index (χ3v) is 8.46. The lowest BCUT2D eigenvalue weighted by atomic mass is 9.82. The van der Waals surface area contributed by atoms with E-state index in [1.165, 1.54) is 5.56 Å². The number of nitrogens with zero attached hydrogens (tertiary/aromatic N) is 3. The van der Waals surface area contributed by atoms with Crippen molar-refractivity contribution < 1.29 is 19.4 Å². The molecule has 1 aromatic heterocycles. The van der Waals surface area contributed by atoms with Gasteiger partial charge in [0.1, 0.15) is 17.9 Å². The third kappa shape index (κ3) is 5.68. The van der Waals surface area contributed by atoms with Crippen LogP contribution in [0.25, 0.3) is 11.1 Å². The predicted molar refractivity (Wildman–Crippen MR) is 153 cm³/mol. The van der Waals surface area contributed by atoms with E-state index >= 15 is 0 Å². The van der Waals surface area contributed by atoms with E-state index in [9.17, 15) is 15.2 Å². The maximum atomic E-state index is 11.8. The molecule has 5 rings (SSSR count). The number of hydrogen-bond donors (Lipinski definition) is 1. The van der Waals surface area contributed by atoms with Gasteiger partial charge in [-0.25, -0.2) is 4.98 Å². The molecule has 2 heterocycles. The van der Waals surface area contributed by atoms with Gasteiger partial charge in [0, 0.05) is 24.4 Å². The van der Waals surface area contributed by atoms with Gasteiger partial charge in [-0.2, -0.15) is 5.26 Å². The van der Waals surface area contributed by atoms with Crippen LogP contribution < -0.4 is 9.47 Å². The van der Waals surface area contributed by atoms with E-state index in [0.717, 1.165) is 72.3 Å². The quantitative estimate of drug-likeness (QED) is 0.320. The van der Waals surface area contributed by atoms with Crippen LogP contribution in [-0.4, -0.2) is 41.7 Å². The van der Waals surface area contributed by atoms with E-state index in [1.807, 2.05) is 13.0 Å². The fourth-order valence-corrected chi connectivity index (χ4v) is 5.88. The van der Waals surface area contributed by atoms with Crippen LogP contribution in [0.2, 0.25) is 0 Å². The summed E-state index contributed by atoms with van der Waals surface area (Å²) in [6.45, 7) is 5.56. The number of ether oxygens (including phenoxy) is 2. The fraction of sp³-hybridized carbons (Fsp3) is 0.424. The monoisotopic (exact) mass is 539 g/mol. The smallest absolute Gasteiger partial charge is 0.306 e.